The molecule has 4 aromatic rings. The standard InChI is InChI=1S/C24H21ClFN7O2S/c25-18-7-5-16(6-8-18)14-35-21-4-2-1-3-17(21)13-28-30-23-31-32-24(33(23)27)36-15-22(34)29-20-11-9-19(26)10-12-20/h1-13H,14-15,27H2,(H,29,34)(H,30,31)/b28-13+. The second-order valence-corrected chi connectivity index (χ2v) is 8.72. The maximum atomic E-state index is 13.0. The van der Waals surface area contributed by atoms with Crippen molar-refractivity contribution in [3.8, 4) is 5.75 Å². The molecule has 9 nitrogen and oxygen atoms in total. The molecule has 0 radical (unpaired) electrons. The van der Waals surface area contributed by atoms with Crippen LogP contribution in [-0.2, 0) is 11.4 Å². The minimum absolute atomic E-state index is 0.0360. The van der Waals surface area contributed by atoms with Crippen molar-refractivity contribution < 1.29 is 13.9 Å². The van der Waals surface area contributed by atoms with Crippen LogP contribution in [0, 0.1) is 5.82 Å². The fraction of sp³-hybridized carbons (Fsp3) is 0.0833. The predicted octanol–water partition coefficient (Wildman–Crippen LogP) is 4.54. The summed E-state index contributed by atoms with van der Waals surface area (Å²) in [5.74, 6) is 6.22. The van der Waals surface area contributed by atoms with Gasteiger partial charge in [0.05, 0.1) is 12.0 Å². The van der Waals surface area contributed by atoms with Crippen LogP contribution in [0.25, 0.3) is 0 Å². The average molecular weight is 526 g/mol. The summed E-state index contributed by atoms with van der Waals surface area (Å²) in [7, 11) is 0. The van der Waals surface area contributed by atoms with Crippen molar-refractivity contribution in [2.45, 2.75) is 11.8 Å². The Morgan fingerprint density at radius 2 is 1.86 bits per heavy atom. The molecular weight excluding hydrogens is 505 g/mol. The molecule has 0 aliphatic carbocycles. The number of carbonyl (C=O) groups excluding carboxylic acids is 1. The summed E-state index contributed by atoms with van der Waals surface area (Å²) in [4.78, 5) is 12.1. The normalized spacial score (nSPS) is 10.9. The van der Waals surface area contributed by atoms with Gasteiger partial charge in [0.1, 0.15) is 18.2 Å². The van der Waals surface area contributed by atoms with Crippen molar-refractivity contribution >= 4 is 47.1 Å². The number of carbonyl (C=O) groups is 1. The smallest absolute Gasteiger partial charge is 0.264 e. The first-order valence-corrected chi connectivity index (χ1v) is 12.0. The molecule has 0 saturated carbocycles. The van der Waals surface area contributed by atoms with Crippen molar-refractivity contribution in [1.82, 2.24) is 14.9 Å². The third kappa shape index (κ3) is 6.96. The minimum Gasteiger partial charge on any atom is -0.488 e. The van der Waals surface area contributed by atoms with Crippen molar-refractivity contribution in [1.29, 1.82) is 0 Å². The lowest BCUT2D eigenvalue weighted by Gasteiger charge is -2.09. The molecule has 12 heteroatoms. The van der Waals surface area contributed by atoms with Crippen LogP contribution < -0.4 is 21.3 Å². The highest BCUT2D eigenvalue weighted by Crippen LogP contribution is 2.20. The third-order valence-corrected chi connectivity index (χ3v) is 5.91. The summed E-state index contributed by atoms with van der Waals surface area (Å²) in [6.07, 6.45) is 1.58. The highest BCUT2D eigenvalue weighted by molar-refractivity contribution is 7.99. The first-order valence-electron chi connectivity index (χ1n) is 10.6. The number of para-hydroxylation sites is 1. The number of ether oxygens (including phenoxy) is 1. The number of nitrogen functional groups attached to an aromatic ring is 1. The van der Waals surface area contributed by atoms with E-state index in [0.717, 1.165) is 22.9 Å². The molecule has 1 heterocycles. The molecule has 0 fully saturated rings. The van der Waals surface area contributed by atoms with Crippen LogP contribution in [0.5, 0.6) is 5.75 Å². The first kappa shape index (κ1) is 25.0. The van der Waals surface area contributed by atoms with Crippen molar-refractivity contribution in [3.63, 3.8) is 0 Å². The zero-order chi connectivity index (χ0) is 25.3. The van der Waals surface area contributed by atoms with Crippen LogP contribution in [0.1, 0.15) is 11.1 Å². The van der Waals surface area contributed by atoms with E-state index >= 15 is 0 Å². The Balaban J connectivity index is 1.30. The number of halogens is 2. The van der Waals surface area contributed by atoms with Crippen LogP contribution in [0.4, 0.5) is 16.0 Å². The Labute approximate surface area is 215 Å². The van der Waals surface area contributed by atoms with Crippen LogP contribution in [0.3, 0.4) is 0 Å². The predicted molar refractivity (Wildman–Crippen MR) is 139 cm³/mol. The van der Waals surface area contributed by atoms with Gasteiger partial charge in [-0.05, 0) is 54.1 Å². The van der Waals surface area contributed by atoms with Gasteiger partial charge >= 0.3 is 0 Å². The van der Waals surface area contributed by atoms with E-state index in [4.69, 9.17) is 22.2 Å². The number of amides is 1. The molecule has 0 unspecified atom stereocenters. The minimum atomic E-state index is -0.379. The van der Waals surface area contributed by atoms with Crippen LogP contribution in [0.15, 0.2) is 83.1 Å². The summed E-state index contributed by atoms with van der Waals surface area (Å²) in [5.41, 5.74) is 4.95. The van der Waals surface area contributed by atoms with E-state index < -0.39 is 0 Å². The average Bonchev–Trinajstić information content (AvgIpc) is 3.23. The summed E-state index contributed by atoms with van der Waals surface area (Å²) in [6.45, 7) is 0.377. The highest BCUT2D eigenvalue weighted by atomic mass is 35.5. The number of hydrazone groups is 1. The number of nitrogens with two attached hydrogens (primary N) is 1. The second-order valence-electron chi connectivity index (χ2n) is 7.34. The molecule has 0 aliphatic rings. The molecular formula is C24H21ClFN7O2S. The number of thioether (sulfide) groups is 1. The molecule has 1 aromatic heterocycles. The van der Waals surface area contributed by atoms with Crippen molar-refractivity contribution in [2.24, 2.45) is 5.10 Å². The number of aromatic nitrogens is 3. The fourth-order valence-electron chi connectivity index (χ4n) is 2.93. The summed E-state index contributed by atoms with van der Waals surface area (Å²) in [6, 6.07) is 20.3. The Bertz CT molecular complexity index is 1350. The third-order valence-electron chi connectivity index (χ3n) is 4.72. The Kier molecular flexibility index (Phi) is 8.37. The van der Waals surface area contributed by atoms with E-state index in [1.807, 2.05) is 48.5 Å². The Morgan fingerprint density at radius 1 is 1.11 bits per heavy atom. The highest BCUT2D eigenvalue weighted by Gasteiger charge is 2.12. The lowest BCUT2D eigenvalue weighted by atomic mass is 10.2. The summed E-state index contributed by atoms with van der Waals surface area (Å²) in [5, 5.41) is 15.7. The number of hydrogen-bond donors (Lipinski definition) is 3. The molecule has 4 rings (SSSR count). The van der Waals surface area contributed by atoms with Gasteiger partial charge in [0.25, 0.3) is 5.95 Å². The number of nitrogens with one attached hydrogen (secondary N) is 2. The van der Waals surface area contributed by atoms with Crippen LogP contribution >= 0.6 is 23.4 Å². The second kappa shape index (κ2) is 12.0. The van der Waals surface area contributed by atoms with Gasteiger partial charge < -0.3 is 15.9 Å². The van der Waals surface area contributed by atoms with Gasteiger partial charge in [-0.25, -0.2) is 14.5 Å². The number of hydrogen-bond acceptors (Lipinski definition) is 8. The molecule has 36 heavy (non-hydrogen) atoms. The molecule has 0 spiro atoms. The number of benzene rings is 3. The number of nitrogens with zero attached hydrogens (tertiary/aromatic N) is 4. The van der Waals surface area contributed by atoms with E-state index in [1.54, 1.807) is 6.21 Å². The van der Waals surface area contributed by atoms with E-state index in [1.165, 1.54) is 28.9 Å². The lowest BCUT2D eigenvalue weighted by molar-refractivity contribution is -0.113. The van der Waals surface area contributed by atoms with Gasteiger partial charge in [-0.2, -0.15) is 5.10 Å². The van der Waals surface area contributed by atoms with Crippen LogP contribution in [-0.4, -0.2) is 32.7 Å². The Hall–Kier alpha value is -4.09. The molecule has 0 bridgehead atoms. The molecule has 3 aromatic carbocycles. The SMILES string of the molecule is Nn1c(N/N=C/c2ccccc2OCc2ccc(Cl)cc2)nnc1SCC(=O)Nc1ccc(F)cc1. The van der Waals surface area contributed by atoms with E-state index in [0.29, 0.717) is 28.2 Å². The van der Waals surface area contributed by atoms with Gasteiger partial charge in [0.15, 0.2) is 0 Å². The maximum absolute atomic E-state index is 13.0. The molecule has 0 aliphatic heterocycles. The quantitative estimate of drug-likeness (QED) is 0.120. The number of rotatable bonds is 10. The monoisotopic (exact) mass is 525 g/mol. The van der Waals surface area contributed by atoms with Gasteiger partial charge in [0.2, 0.25) is 11.1 Å². The lowest BCUT2D eigenvalue weighted by Crippen LogP contribution is -2.16. The number of anilines is 2. The van der Waals surface area contributed by atoms with Gasteiger partial charge in [0, 0.05) is 16.3 Å². The van der Waals surface area contributed by atoms with Gasteiger partial charge in [-0.15, -0.1) is 10.2 Å². The molecule has 0 atom stereocenters. The zero-order valence-electron chi connectivity index (χ0n) is 18.8. The van der Waals surface area contributed by atoms with Crippen molar-refractivity contribution in [3.05, 3.63) is 94.8 Å². The van der Waals surface area contributed by atoms with E-state index in [2.05, 4.69) is 26.0 Å². The Morgan fingerprint density at radius 3 is 2.64 bits per heavy atom. The fourth-order valence-corrected chi connectivity index (χ4v) is 3.71. The first-order chi connectivity index (χ1) is 17.5. The molecule has 1 amide bonds. The summed E-state index contributed by atoms with van der Waals surface area (Å²) >= 11 is 7.02. The van der Waals surface area contributed by atoms with Crippen molar-refractivity contribution in [2.75, 3.05) is 22.3 Å². The zero-order valence-corrected chi connectivity index (χ0v) is 20.3. The van der Waals surface area contributed by atoms with Gasteiger partial charge in [-0.3, -0.25) is 4.79 Å². The largest absolute Gasteiger partial charge is 0.488 e. The van der Waals surface area contributed by atoms with E-state index in [-0.39, 0.29) is 23.4 Å². The molecule has 4 N–H and O–H groups in total. The topological polar surface area (TPSA) is 119 Å². The van der Waals surface area contributed by atoms with Crippen LogP contribution in [0.2, 0.25) is 5.02 Å². The molecule has 184 valence electrons. The maximum Gasteiger partial charge on any atom is 0.264 e. The molecule has 0 saturated heterocycles. The summed E-state index contributed by atoms with van der Waals surface area (Å²) < 4.78 is 20.1. The van der Waals surface area contributed by atoms with E-state index in [9.17, 15) is 9.18 Å². The van der Waals surface area contributed by atoms with Gasteiger partial charge in [-0.1, -0.05) is 47.6 Å².